The van der Waals surface area contributed by atoms with E-state index in [4.69, 9.17) is 9.47 Å². The molecule has 0 unspecified atom stereocenters. The highest BCUT2D eigenvalue weighted by molar-refractivity contribution is 5.62. The predicted molar refractivity (Wildman–Crippen MR) is 98.6 cm³/mol. The van der Waals surface area contributed by atoms with Crippen LogP contribution in [0.3, 0.4) is 0 Å². The molecule has 3 aromatic rings. The summed E-state index contributed by atoms with van der Waals surface area (Å²) in [5, 5.41) is 8.29. The van der Waals surface area contributed by atoms with Gasteiger partial charge in [0.15, 0.2) is 0 Å². The van der Waals surface area contributed by atoms with Crippen molar-refractivity contribution in [1.29, 1.82) is 0 Å². The Balaban J connectivity index is 1.44. The maximum absolute atomic E-state index is 6.06. The molecule has 0 spiro atoms. The number of aromatic nitrogens is 6. The van der Waals surface area contributed by atoms with Crippen molar-refractivity contribution in [2.24, 2.45) is 5.92 Å². The lowest BCUT2D eigenvalue weighted by Crippen LogP contribution is -2.05. The van der Waals surface area contributed by atoms with E-state index in [1.54, 1.807) is 24.2 Å². The minimum Gasteiger partial charge on any atom is -0.495 e. The van der Waals surface area contributed by atoms with E-state index in [9.17, 15) is 0 Å². The average Bonchev–Trinajstić information content (AvgIpc) is 3.32. The molecule has 0 amide bonds. The van der Waals surface area contributed by atoms with Crippen molar-refractivity contribution in [3.05, 3.63) is 42.2 Å². The molecule has 140 valence electrons. The molecule has 1 aliphatic carbocycles. The highest BCUT2D eigenvalue weighted by atomic mass is 16.5. The van der Waals surface area contributed by atoms with E-state index in [1.807, 2.05) is 32.2 Å². The number of methoxy groups -OCH3 is 1. The molecule has 0 aliphatic heterocycles. The van der Waals surface area contributed by atoms with E-state index in [0.29, 0.717) is 30.1 Å². The van der Waals surface area contributed by atoms with Crippen molar-refractivity contribution in [3.8, 4) is 22.9 Å². The second-order valence-corrected chi connectivity index (χ2v) is 6.63. The fourth-order valence-electron chi connectivity index (χ4n) is 3.02. The van der Waals surface area contributed by atoms with Gasteiger partial charge in [-0.3, -0.25) is 9.67 Å². The Kier molecular flexibility index (Phi) is 4.70. The quantitative estimate of drug-likeness (QED) is 0.635. The van der Waals surface area contributed by atoms with Gasteiger partial charge in [0.1, 0.15) is 17.3 Å². The van der Waals surface area contributed by atoms with Gasteiger partial charge >= 0.3 is 0 Å². The Morgan fingerprint density at radius 2 is 2.11 bits per heavy atom. The van der Waals surface area contributed by atoms with Gasteiger partial charge in [-0.05, 0) is 32.4 Å². The molecule has 4 rings (SSSR count). The van der Waals surface area contributed by atoms with Crippen LogP contribution in [0.1, 0.15) is 30.8 Å². The summed E-state index contributed by atoms with van der Waals surface area (Å²) >= 11 is 0. The number of ether oxygens (including phenoxy) is 2. The number of aryl methyl sites for hydroxylation is 2. The third-order valence-corrected chi connectivity index (χ3v) is 4.74. The van der Waals surface area contributed by atoms with Gasteiger partial charge < -0.3 is 9.47 Å². The van der Waals surface area contributed by atoms with Crippen molar-refractivity contribution < 1.29 is 9.47 Å². The summed E-state index contributed by atoms with van der Waals surface area (Å²) in [6.07, 6.45) is 6.44. The Labute approximate surface area is 157 Å². The van der Waals surface area contributed by atoms with Crippen molar-refractivity contribution in [3.63, 3.8) is 0 Å². The Hall–Kier alpha value is -3.03. The molecule has 1 saturated carbocycles. The number of nitrogens with zero attached hydrogens (tertiary/aromatic N) is 6. The normalized spacial score (nSPS) is 18.3. The number of hydrogen-bond donors (Lipinski definition) is 0. The van der Waals surface area contributed by atoms with Crippen molar-refractivity contribution in [2.75, 3.05) is 13.7 Å². The van der Waals surface area contributed by atoms with E-state index in [-0.39, 0.29) is 0 Å². The minimum absolute atomic E-state index is 0.420. The SMILES string of the molecule is CCn1cc(-c2cnc(C)nc2OC[C@H]2C[C@@H]2c2ccc(OC)cn2)nn1. The predicted octanol–water partition coefficient (Wildman–Crippen LogP) is 2.65. The van der Waals surface area contributed by atoms with Gasteiger partial charge in [0.2, 0.25) is 5.88 Å². The maximum Gasteiger partial charge on any atom is 0.226 e. The fourth-order valence-corrected chi connectivity index (χ4v) is 3.02. The maximum atomic E-state index is 6.06. The molecular formula is C19H22N6O2. The van der Waals surface area contributed by atoms with Crippen LogP contribution in [0.5, 0.6) is 11.6 Å². The summed E-state index contributed by atoms with van der Waals surface area (Å²) in [6.45, 7) is 5.21. The van der Waals surface area contributed by atoms with Crippen LogP contribution < -0.4 is 9.47 Å². The van der Waals surface area contributed by atoms with E-state index >= 15 is 0 Å². The molecule has 0 bridgehead atoms. The summed E-state index contributed by atoms with van der Waals surface area (Å²) in [5.74, 6) is 2.84. The van der Waals surface area contributed by atoms with Crippen molar-refractivity contribution >= 4 is 0 Å². The van der Waals surface area contributed by atoms with Gasteiger partial charge in [-0.15, -0.1) is 5.10 Å². The first-order chi connectivity index (χ1) is 13.2. The Morgan fingerprint density at radius 1 is 1.22 bits per heavy atom. The number of hydrogen-bond acceptors (Lipinski definition) is 7. The van der Waals surface area contributed by atoms with Crippen LogP contribution >= 0.6 is 0 Å². The highest BCUT2D eigenvalue weighted by Crippen LogP contribution is 2.47. The zero-order valence-corrected chi connectivity index (χ0v) is 15.7. The Morgan fingerprint density at radius 3 is 2.81 bits per heavy atom. The lowest BCUT2D eigenvalue weighted by atomic mass is 10.2. The van der Waals surface area contributed by atoms with Gasteiger partial charge in [0.05, 0.1) is 31.7 Å². The number of rotatable bonds is 7. The van der Waals surface area contributed by atoms with Crippen LogP contribution in [0, 0.1) is 12.8 Å². The van der Waals surface area contributed by atoms with Crippen molar-refractivity contribution in [2.45, 2.75) is 32.7 Å². The fraction of sp³-hybridized carbons (Fsp3) is 0.421. The van der Waals surface area contributed by atoms with Crippen LogP contribution in [0.25, 0.3) is 11.3 Å². The van der Waals surface area contributed by atoms with Crippen LogP contribution in [-0.2, 0) is 6.54 Å². The highest BCUT2D eigenvalue weighted by Gasteiger charge is 2.40. The van der Waals surface area contributed by atoms with E-state index in [0.717, 1.165) is 35.7 Å². The van der Waals surface area contributed by atoms with Crippen LogP contribution in [-0.4, -0.2) is 43.7 Å². The topological polar surface area (TPSA) is 87.8 Å². The monoisotopic (exact) mass is 366 g/mol. The Bertz CT molecular complexity index is 924. The van der Waals surface area contributed by atoms with E-state index in [1.165, 1.54) is 0 Å². The van der Waals surface area contributed by atoms with Crippen LogP contribution in [0.15, 0.2) is 30.7 Å². The minimum atomic E-state index is 0.420. The summed E-state index contributed by atoms with van der Waals surface area (Å²) in [7, 11) is 1.64. The van der Waals surface area contributed by atoms with Gasteiger partial charge in [0, 0.05) is 30.3 Å². The molecule has 1 fully saturated rings. The average molecular weight is 366 g/mol. The first kappa shape index (κ1) is 17.4. The lowest BCUT2D eigenvalue weighted by molar-refractivity contribution is 0.285. The molecule has 27 heavy (non-hydrogen) atoms. The largest absolute Gasteiger partial charge is 0.495 e. The summed E-state index contributed by atoms with van der Waals surface area (Å²) in [6, 6.07) is 3.97. The molecule has 0 radical (unpaired) electrons. The van der Waals surface area contributed by atoms with Gasteiger partial charge in [-0.25, -0.2) is 4.98 Å². The van der Waals surface area contributed by atoms with Gasteiger partial charge in [-0.2, -0.15) is 4.98 Å². The first-order valence-electron chi connectivity index (χ1n) is 9.04. The van der Waals surface area contributed by atoms with Crippen LogP contribution in [0.4, 0.5) is 0 Å². The second kappa shape index (κ2) is 7.30. The first-order valence-corrected chi connectivity index (χ1v) is 9.04. The second-order valence-electron chi connectivity index (χ2n) is 6.63. The molecule has 2 atom stereocenters. The van der Waals surface area contributed by atoms with E-state index in [2.05, 4.69) is 25.3 Å². The van der Waals surface area contributed by atoms with Gasteiger partial charge in [-0.1, -0.05) is 5.21 Å². The van der Waals surface area contributed by atoms with Gasteiger partial charge in [0.25, 0.3) is 0 Å². The molecule has 3 heterocycles. The molecule has 8 nitrogen and oxygen atoms in total. The van der Waals surface area contributed by atoms with E-state index < -0.39 is 0 Å². The zero-order valence-electron chi connectivity index (χ0n) is 15.7. The number of pyridine rings is 1. The standard InChI is InChI=1S/C19H22N6O2/c1-4-25-10-18(23-24-25)16-9-20-12(2)22-19(16)27-11-13-7-15(13)17-6-5-14(26-3)8-21-17/h5-6,8-10,13,15H,4,7,11H2,1-3H3/t13-,15+/m1/s1. The molecule has 8 heteroatoms. The van der Waals surface area contributed by atoms with Crippen molar-refractivity contribution in [1.82, 2.24) is 29.9 Å². The summed E-state index contributed by atoms with van der Waals surface area (Å²) in [4.78, 5) is 13.2. The third-order valence-electron chi connectivity index (χ3n) is 4.74. The third kappa shape index (κ3) is 3.74. The van der Waals surface area contributed by atoms with Crippen LogP contribution in [0.2, 0.25) is 0 Å². The summed E-state index contributed by atoms with van der Waals surface area (Å²) < 4.78 is 13.0. The smallest absolute Gasteiger partial charge is 0.226 e. The summed E-state index contributed by atoms with van der Waals surface area (Å²) in [5.41, 5.74) is 2.56. The molecule has 3 aromatic heterocycles. The molecular weight excluding hydrogens is 344 g/mol. The zero-order chi connectivity index (χ0) is 18.8. The molecule has 0 N–H and O–H groups in total. The molecule has 1 aliphatic rings. The molecule has 0 saturated heterocycles. The lowest BCUT2D eigenvalue weighted by Gasteiger charge is -2.09. The molecule has 0 aromatic carbocycles.